The van der Waals surface area contributed by atoms with Gasteiger partial charge in [0, 0.05) is 55.7 Å². The molecule has 3 rings (SSSR count). The molecule has 29 heavy (non-hydrogen) atoms. The summed E-state index contributed by atoms with van der Waals surface area (Å²) < 4.78 is 0. The van der Waals surface area contributed by atoms with Crippen LogP contribution in [0.25, 0.3) is 0 Å². The number of benzene rings is 1. The molecule has 0 spiro atoms. The third kappa shape index (κ3) is 6.61. The van der Waals surface area contributed by atoms with E-state index in [-0.39, 0.29) is 29.9 Å². The molecule has 160 valence electrons. The number of hydrogen-bond acceptors (Lipinski definition) is 3. The van der Waals surface area contributed by atoms with Crippen molar-refractivity contribution in [2.45, 2.75) is 58.2 Å². The van der Waals surface area contributed by atoms with E-state index in [9.17, 15) is 9.59 Å². The largest absolute Gasteiger partial charge is 0.342 e. The van der Waals surface area contributed by atoms with Gasteiger partial charge in [-0.15, -0.1) is 0 Å². The second-order valence-corrected chi connectivity index (χ2v) is 8.99. The van der Waals surface area contributed by atoms with Gasteiger partial charge in [-0.25, -0.2) is 4.79 Å². The molecule has 0 saturated carbocycles. The van der Waals surface area contributed by atoms with Gasteiger partial charge in [-0.2, -0.15) is 0 Å². The van der Waals surface area contributed by atoms with E-state index >= 15 is 0 Å². The van der Waals surface area contributed by atoms with Gasteiger partial charge in [-0.3, -0.25) is 9.69 Å². The standard InChI is InChI=1S/C22H33ClN4O2/c1-16(2)21(28)27-13-9-20(10-14-27)25-22(29)24-19-7-11-26(12-8-19)15-17-3-5-18(23)6-4-17/h3-6,16,19-20H,7-15H2,1-2H3,(H2,24,25,29). The first-order valence-corrected chi connectivity index (χ1v) is 11.1. The Morgan fingerprint density at radius 3 is 2.00 bits per heavy atom. The van der Waals surface area contributed by atoms with Crippen LogP contribution >= 0.6 is 11.6 Å². The molecule has 1 aromatic rings. The Labute approximate surface area is 179 Å². The van der Waals surface area contributed by atoms with Crippen molar-refractivity contribution in [2.24, 2.45) is 5.92 Å². The van der Waals surface area contributed by atoms with Gasteiger partial charge >= 0.3 is 6.03 Å². The molecule has 0 radical (unpaired) electrons. The van der Waals surface area contributed by atoms with E-state index in [1.165, 1.54) is 5.56 Å². The molecule has 2 heterocycles. The maximum absolute atomic E-state index is 12.4. The van der Waals surface area contributed by atoms with Crippen molar-refractivity contribution < 1.29 is 9.59 Å². The van der Waals surface area contributed by atoms with Crippen LogP contribution in [0.1, 0.15) is 45.1 Å². The lowest BCUT2D eigenvalue weighted by Crippen LogP contribution is -2.52. The molecule has 0 bridgehead atoms. The van der Waals surface area contributed by atoms with Crippen LogP contribution in [-0.4, -0.2) is 60.0 Å². The minimum absolute atomic E-state index is 0.0355. The maximum atomic E-state index is 12.4. The zero-order valence-electron chi connectivity index (χ0n) is 17.5. The zero-order chi connectivity index (χ0) is 20.8. The van der Waals surface area contributed by atoms with Crippen molar-refractivity contribution >= 4 is 23.5 Å². The minimum Gasteiger partial charge on any atom is -0.342 e. The number of nitrogens with one attached hydrogen (secondary N) is 2. The number of nitrogens with zero attached hydrogens (tertiary/aromatic N) is 2. The summed E-state index contributed by atoms with van der Waals surface area (Å²) >= 11 is 5.95. The third-order valence-corrected chi connectivity index (χ3v) is 6.13. The summed E-state index contributed by atoms with van der Waals surface area (Å²) in [7, 11) is 0. The van der Waals surface area contributed by atoms with Crippen LogP contribution in [0.2, 0.25) is 5.02 Å². The average Bonchev–Trinajstić information content (AvgIpc) is 2.71. The number of rotatable bonds is 5. The normalized spacial score (nSPS) is 19.4. The predicted octanol–water partition coefficient (Wildman–Crippen LogP) is 3.25. The van der Waals surface area contributed by atoms with Gasteiger partial charge in [-0.05, 0) is 43.4 Å². The van der Waals surface area contributed by atoms with Crippen molar-refractivity contribution in [3.8, 4) is 0 Å². The highest BCUT2D eigenvalue weighted by Gasteiger charge is 2.26. The predicted molar refractivity (Wildman–Crippen MR) is 116 cm³/mol. The number of amides is 3. The smallest absolute Gasteiger partial charge is 0.315 e. The Hall–Kier alpha value is -1.79. The van der Waals surface area contributed by atoms with Gasteiger partial charge in [0.1, 0.15) is 0 Å². The number of carbonyl (C=O) groups excluding carboxylic acids is 2. The van der Waals surface area contributed by atoms with E-state index in [1.54, 1.807) is 0 Å². The third-order valence-electron chi connectivity index (χ3n) is 5.88. The highest BCUT2D eigenvalue weighted by Crippen LogP contribution is 2.17. The maximum Gasteiger partial charge on any atom is 0.315 e. The Bertz CT molecular complexity index is 679. The van der Waals surface area contributed by atoms with Crippen LogP contribution in [0.4, 0.5) is 4.79 Å². The van der Waals surface area contributed by atoms with Crippen LogP contribution in [0.5, 0.6) is 0 Å². The van der Waals surface area contributed by atoms with Gasteiger partial charge in [0.15, 0.2) is 0 Å². The van der Waals surface area contributed by atoms with Gasteiger partial charge in [-0.1, -0.05) is 37.6 Å². The summed E-state index contributed by atoms with van der Waals surface area (Å²) in [5.41, 5.74) is 1.26. The Morgan fingerprint density at radius 2 is 1.48 bits per heavy atom. The molecule has 0 aliphatic carbocycles. The van der Waals surface area contributed by atoms with Crippen molar-refractivity contribution in [1.82, 2.24) is 20.4 Å². The van der Waals surface area contributed by atoms with E-state index in [4.69, 9.17) is 11.6 Å². The average molecular weight is 421 g/mol. The molecule has 7 heteroatoms. The fourth-order valence-electron chi connectivity index (χ4n) is 4.11. The van der Waals surface area contributed by atoms with Crippen molar-refractivity contribution in [3.05, 3.63) is 34.9 Å². The van der Waals surface area contributed by atoms with E-state index in [1.807, 2.05) is 30.9 Å². The minimum atomic E-state index is -0.0743. The van der Waals surface area contributed by atoms with Gasteiger partial charge in [0.05, 0.1) is 0 Å². The first-order valence-electron chi connectivity index (χ1n) is 10.7. The SMILES string of the molecule is CC(C)C(=O)N1CCC(NC(=O)NC2CCN(Cc3ccc(Cl)cc3)CC2)CC1. The van der Waals surface area contributed by atoms with E-state index in [0.717, 1.165) is 63.4 Å². The van der Waals surface area contributed by atoms with Crippen molar-refractivity contribution in [1.29, 1.82) is 0 Å². The number of urea groups is 1. The first kappa shape index (κ1) is 21.9. The summed E-state index contributed by atoms with van der Waals surface area (Å²) in [4.78, 5) is 28.8. The highest BCUT2D eigenvalue weighted by atomic mass is 35.5. The highest BCUT2D eigenvalue weighted by molar-refractivity contribution is 6.30. The molecule has 2 fully saturated rings. The van der Waals surface area contributed by atoms with Crippen LogP contribution in [0.15, 0.2) is 24.3 Å². The second kappa shape index (κ2) is 10.3. The molecular weight excluding hydrogens is 388 g/mol. The van der Waals surface area contributed by atoms with Crippen molar-refractivity contribution in [2.75, 3.05) is 26.2 Å². The molecular formula is C22H33ClN4O2. The van der Waals surface area contributed by atoms with Crippen LogP contribution < -0.4 is 10.6 Å². The molecule has 0 unspecified atom stereocenters. The lowest BCUT2D eigenvalue weighted by atomic mass is 10.0. The summed E-state index contributed by atoms with van der Waals surface area (Å²) in [6.45, 7) is 8.19. The fraction of sp³-hybridized carbons (Fsp3) is 0.636. The molecule has 2 aliphatic heterocycles. The Morgan fingerprint density at radius 1 is 0.966 bits per heavy atom. The monoisotopic (exact) mass is 420 g/mol. The quantitative estimate of drug-likeness (QED) is 0.768. The molecule has 2 aliphatic rings. The Kier molecular flexibility index (Phi) is 7.78. The Balaban J connectivity index is 1.34. The number of carbonyl (C=O) groups is 2. The summed E-state index contributed by atoms with van der Waals surface area (Å²) in [6.07, 6.45) is 3.57. The topological polar surface area (TPSA) is 64.7 Å². The molecule has 1 aromatic carbocycles. The second-order valence-electron chi connectivity index (χ2n) is 8.55. The van der Waals surface area contributed by atoms with Crippen LogP contribution in [0, 0.1) is 5.92 Å². The molecule has 0 aromatic heterocycles. The lowest BCUT2D eigenvalue weighted by Gasteiger charge is -2.35. The van der Waals surface area contributed by atoms with E-state index in [2.05, 4.69) is 27.7 Å². The molecule has 2 N–H and O–H groups in total. The molecule has 6 nitrogen and oxygen atoms in total. The van der Waals surface area contributed by atoms with E-state index in [0.29, 0.717) is 0 Å². The summed E-state index contributed by atoms with van der Waals surface area (Å²) in [6, 6.07) is 8.29. The molecule has 0 atom stereocenters. The zero-order valence-corrected chi connectivity index (χ0v) is 18.3. The van der Waals surface area contributed by atoms with Gasteiger partial charge in [0.2, 0.25) is 5.91 Å². The summed E-state index contributed by atoms with van der Waals surface area (Å²) in [5.74, 6) is 0.242. The fourth-order valence-corrected chi connectivity index (χ4v) is 4.23. The van der Waals surface area contributed by atoms with Gasteiger partial charge in [0.25, 0.3) is 0 Å². The summed E-state index contributed by atoms with van der Waals surface area (Å²) in [5, 5.41) is 7.00. The number of piperidine rings is 2. The van der Waals surface area contributed by atoms with Crippen LogP contribution in [-0.2, 0) is 11.3 Å². The molecule has 3 amide bonds. The van der Waals surface area contributed by atoms with Gasteiger partial charge < -0.3 is 15.5 Å². The van der Waals surface area contributed by atoms with Crippen LogP contribution in [0.3, 0.4) is 0 Å². The number of hydrogen-bond donors (Lipinski definition) is 2. The first-order chi connectivity index (χ1) is 13.9. The van der Waals surface area contributed by atoms with Crippen molar-refractivity contribution in [3.63, 3.8) is 0 Å². The number of likely N-dealkylation sites (tertiary alicyclic amines) is 2. The number of halogens is 1. The van der Waals surface area contributed by atoms with E-state index < -0.39 is 0 Å². The molecule has 2 saturated heterocycles. The lowest BCUT2D eigenvalue weighted by molar-refractivity contribution is -0.135.